The van der Waals surface area contributed by atoms with Gasteiger partial charge in [0.15, 0.2) is 5.82 Å². The molecule has 2 N–H and O–H groups in total. The number of carbonyl (C=O) groups is 1. The van der Waals surface area contributed by atoms with E-state index in [9.17, 15) is 13.2 Å². The van der Waals surface area contributed by atoms with Crippen LogP contribution in [-0.2, 0) is 21.2 Å². The maximum atomic E-state index is 15.7. The molecule has 0 radical (unpaired) electrons. The van der Waals surface area contributed by atoms with Crippen molar-refractivity contribution in [1.82, 2.24) is 25.1 Å². The molecule has 10 nitrogen and oxygen atoms in total. The lowest BCUT2D eigenvalue weighted by Gasteiger charge is -2.12. The molecular weight excluding hydrogens is 511 g/mol. The topological polar surface area (TPSA) is 128 Å². The summed E-state index contributed by atoms with van der Waals surface area (Å²) in [7, 11) is -2.62. The molecule has 0 saturated heterocycles. The van der Waals surface area contributed by atoms with E-state index in [0.717, 1.165) is 23.9 Å². The number of benzene rings is 1. The Balaban J connectivity index is 2.15. The molecular formula is C23H28ClFN6O4S. The van der Waals surface area contributed by atoms with Crippen molar-refractivity contribution in [2.45, 2.75) is 45.6 Å². The molecule has 2 aromatic heterocycles. The molecule has 13 heteroatoms. The Morgan fingerprint density at radius 2 is 2.11 bits per heavy atom. The third-order valence-electron chi connectivity index (χ3n) is 4.98. The maximum absolute atomic E-state index is 15.7. The highest BCUT2D eigenvalue weighted by molar-refractivity contribution is 7.92. The number of alkyl carbamates (subject to hydrolysis) is 1. The van der Waals surface area contributed by atoms with E-state index in [1.165, 1.54) is 31.6 Å². The minimum atomic E-state index is -3.88. The van der Waals surface area contributed by atoms with Gasteiger partial charge in [0.1, 0.15) is 11.5 Å². The summed E-state index contributed by atoms with van der Waals surface area (Å²) in [5, 5.41) is 6.86. The van der Waals surface area contributed by atoms with Gasteiger partial charge in [0.25, 0.3) is 0 Å². The lowest BCUT2D eigenvalue weighted by atomic mass is 10.0. The van der Waals surface area contributed by atoms with E-state index < -0.39 is 40.5 Å². The molecule has 0 saturated carbocycles. The zero-order valence-electron chi connectivity index (χ0n) is 24.0. The van der Waals surface area contributed by atoms with Crippen LogP contribution in [0.4, 0.5) is 14.9 Å². The molecule has 3 aromatic rings. The van der Waals surface area contributed by atoms with Crippen LogP contribution in [-0.4, -0.2) is 53.7 Å². The van der Waals surface area contributed by atoms with Crippen LogP contribution in [0.1, 0.15) is 44.4 Å². The fraction of sp³-hybridized carbons (Fsp3) is 0.391. The van der Waals surface area contributed by atoms with E-state index in [-0.39, 0.29) is 33.6 Å². The van der Waals surface area contributed by atoms with Crippen LogP contribution in [0.15, 0.2) is 30.6 Å². The predicted molar refractivity (Wildman–Crippen MR) is 136 cm³/mol. The van der Waals surface area contributed by atoms with Crippen LogP contribution < -0.4 is 10.0 Å². The van der Waals surface area contributed by atoms with Crippen molar-refractivity contribution in [3.8, 4) is 22.5 Å². The molecule has 0 bridgehead atoms. The second-order valence-electron chi connectivity index (χ2n) is 8.04. The Morgan fingerprint density at radius 1 is 1.36 bits per heavy atom. The minimum Gasteiger partial charge on any atom is -0.453 e. The highest BCUT2D eigenvalue weighted by Crippen LogP contribution is 2.37. The van der Waals surface area contributed by atoms with Crippen molar-refractivity contribution in [2.24, 2.45) is 0 Å². The number of sulfonamides is 1. The number of hydrogen-bond acceptors (Lipinski definition) is 7. The summed E-state index contributed by atoms with van der Waals surface area (Å²) in [4.78, 5) is 20.2. The maximum Gasteiger partial charge on any atom is 0.407 e. The van der Waals surface area contributed by atoms with E-state index in [1.807, 2.05) is 0 Å². The molecule has 1 amide bonds. The molecule has 0 fully saturated rings. The minimum absolute atomic E-state index is 0.0250. The average Bonchev–Trinajstić information content (AvgIpc) is 3.29. The first kappa shape index (κ1) is 22.0. The summed E-state index contributed by atoms with van der Waals surface area (Å²) in [6.45, 7) is 0.0898. The van der Waals surface area contributed by atoms with Gasteiger partial charge < -0.3 is 10.1 Å². The number of rotatable bonds is 9. The van der Waals surface area contributed by atoms with Crippen molar-refractivity contribution < 1.29 is 27.8 Å². The van der Waals surface area contributed by atoms with Gasteiger partial charge in [-0.15, -0.1) is 0 Å². The highest BCUT2D eigenvalue weighted by atomic mass is 35.5. The Labute approximate surface area is 219 Å². The zero-order chi connectivity index (χ0) is 30.0. The molecule has 3 rings (SSSR count). The molecule has 194 valence electrons. The summed E-state index contributed by atoms with van der Waals surface area (Å²) < 4.78 is 78.7. The molecule has 0 aliphatic carbocycles. The van der Waals surface area contributed by atoms with Gasteiger partial charge in [-0.05, 0) is 45.3 Å². The van der Waals surface area contributed by atoms with Gasteiger partial charge >= 0.3 is 6.09 Å². The first-order valence-electron chi connectivity index (χ1n) is 12.7. The summed E-state index contributed by atoms with van der Waals surface area (Å²) in [5.41, 5.74) is -0.420. The molecule has 0 spiro atoms. The molecule has 1 aromatic carbocycles. The van der Waals surface area contributed by atoms with Crippen molar-refractivity contribution in [3.05, 3.63) is 47.3 Å². The van der Waals surface area contributed by atoms with Gasteiger partial charge in [-0.25, -0.2) is 27.6 Å². The number of nitrogens with one attached hydrogen (secondary N) is 2. The largest absolute Gasteiger partial charge is 0.453 e. The van der Waals surface area contributed by atoms with Gasteiger partial charge in [0.2, 0.25) is 10.0 Å². The third kappa shape index (κ3) is 6.91. The standard InChI is InChI=1S/C23H28ClFN6O4S/c1-13(2)31-12-17(18-8-9-26-20(28-18)7-6-14(3)27-23(32)35-4)22(29-31)16-10-15(24)11-19(21(16)25)30-36(5,33)34/h8-14,30H,6-7H2,1-5H3,(H,27,32)/i1D3,13D. The van der Waals surface area contributed by atoms with Crippen LogP contribution in [0.25, 0.3) is 22.5 Å². The van der Waals surface area contributed by atoms with Gasteiger partial charge in [0.05, 0.1) is 26.1 Å². The van der Waals surface area contributed by atoms with E-state index in [4.69, 9.17) is 17.1 Å². The van der Waals surface area contributed by atoms with E-state index in [1.54, 1.807) is 6.92 Å². The number of aromatic nitrogens is 4. The fourth-order valence-corrected chi connectivity index (χ4v) is 4.08. The quantitative estimate of drug-likeness (QED) is 0.409. The first-order chi connectivity index (χ1) is 18.4. The summed E-state index contributed by atoms with van der Waals surface area (Å²) in [5.74, 6) is -0.649. The summed E-state index contributed by atoms with van der Waals surface area (Å²) in [6, 6.07) is 1.27. The normalized spacial score (nSPS) is 16.1. The van der Waals surface area contributed by atoms with Gasteiger partial charge in [0, 0.05) is 51.1 Å². The van der Waals surface area contributed by atoms with E-state index in [0.29, 0.717) is 18.7 Å². The molecule has 0 aliphatic rings. The van der Waals surface area contributed by atoms with Crippen molar-refractivity contribution >= 4 is 33.4 Å². The smallest absolute Gasteiger partial charge is 0.407 e. The number of aryl methyl sites for hydroxylation is 1. The van der Waals surface area contributed by atoms with Crippen molar-refractivity contribution in [2.75, 3.05) is 18.1 Å². The number of halogens is 2. The summed E-state index contributed by atoms with van der Waals surface area (Å²) in [6.07, 6.45) is 3.76. The summed E-state index contributed by atoms with van der Waals surface area (Å²) >= 11 is 6.18. The van der Waals surface area contributed by atoms with Crippen LogP contribution in [0.3, 0.4) is 0 Å². The predicted octanol–water partition coefficient (Wildman–Crippen LogP) is 4.43. The second-order valence-corrected chi connectivity index (χ2v) is 10.2. The van der Waals surface area contributed by atoms with Crippen LogP contribution >= 0.6 is 11.6 Å². The Bertz CT molecular complexity index is 1520. The molecule has 0 aliphatic heterocycles. The molecule has 36 heavy (non-hydrogen) atoms. The Morgan fingerprint density at radius 3 is 2.78 bits per heavy atom. The second kappa shape index (κ2) is 11.2. The van der Waals surface area contributed by atoms with Crippen LogP contribution in [0.2, 0.25) is 5.02 Å². The monoisotopic (exact) mass is 542 g/mol. The highest BCUT2D eigenvalue weighted by Gasteiger charge is 2.22. The van der Waals surface area contributed by atoms with Crippen LogP contribution in [0.5, 0.6) is 0 Å². The number of hydrogen-bond donors (Lipinski definition) is 2. The zero-order valence-corrected chi connectivity index (χ0v) is 21.5. The number of nitrogens with zero attached hydrogens (tertiary/aromatic N) is 4. The first-order valence-corrected chi connectivity index (χ1v) is 12.9. The number of anilines is 1. The lowest BCUT2D eigenvalue weighted by Crippen LogP contribution is -2.32. The van der Waals surface area contributed by atoms with Crippen molar-refractivity contribution in [1.29, 1.82) is 0 Å². The number of carbonyl (C=O) groups excluding carboxylic acids is 1. The van der Waals surface area contributed by atoms with Gasteiger partial charge in [-0.1, -0.05) is 11.6 Å². The van der Waals surface area contributed by atoms with Crippen LogP contribution in [0, 0.1) is 5.82 Å². The van der Waals surface area contributed by atoms with Gasteiger partial charge in [-0.3, -0.25) is 9.40 Å². The van der Waals surface area contributed by atoms with E-state index in [2.05, 4.69) is 29.8 Å². The lowest BCUT2D eigenvalue weighted by molar-refractivity contribution is 0.167. The van der Waals surface area contributed by atoms with E-state index >= 15 is 4.39 Å². The Kier molecular flexibility index (Phi) is 6.85. The van der Waals surface area contributed by atoms with Crippen molar-refractivity contribution in [3.63, 3.8) is 0 Å². The molecule has 2 atom stereocenters. The SMILES string of the molecule is [2H]C([2H])([2H])C([2H])(C)n1cc(-c2ccnc(CCC(C)NC(=O)OC)n2)c(-c2cc(Cl)cc(NS(C)(=O)=O)c2F)n1. The number of amides is 1. The average molecular weight is 543 g/mol. The van der Waals surface area contributed by atoms with Gasteiger partial charge in [-0.2, -0.15) is 5.10 Å². The Hall–Kier alpha value is -3.25. The third-order valence-corrected chi connectivity index (χ3v) is 5.79. The molecule has 2 heterocycles. The number of methoxy groups -OCH3 is 1. The fourth-order valence-electron chi connectivity index (χ4n) is 3.32. The molecule has 2 unspecified atom stereocenters. The number of ether oxygens (including phenoxy) is 1.